The maximum atomic E-state index is 5.87. The first-order valence-electron chi connectivity index (χ1n) is 6.73. The van der Waals surface area contributed by atoms with Crippen molar-refractivity contribution in [2.24, 2.45) is 0 Å². The third kappa shape index (κ3) is 1.41. The smallest absolute Gasteiger partial charge is 0.247 e. The first-order valence-corrected chi connectivity index (χ1v) is 6.73. The highest BCUT2D eigenvalue weighted by molar-refractivity contribution is 6.17. The van der Waals surface area contributed by atoms with Crippen molar-refractivity contribution in [1.29, 1.82) is 0 Å². The molecule has 3 heterocycles. The van der Waals surface area contributed by atoms with Crippen molar-refractivity contribution >= 4 is 44.1 Å². The Morgan fingerprint density at radius 3 is 2.81 bits per heavy atom. The van der Waals surface area contributed by atoms with Gasteiger partial charge in [-0.1, -0.05) is 30.3 Å². The quantitative estimate of drug-likeness (QED) is 0.426. The van der Waals surface area contributed by atoms with E-state index >= 15 is 0 Å². The molecule has 2 aromatic carbocycles. The molecule has 5 aromatic rings. The number of fused-ring (bicyclic) bond motifs is 6. The van der Waals surface area contributed by atoms with E-state index in [1.165, 1.54) is 0 Å². The van der Waals surface area contributed by atoms with Gasteiger partial charge in [-0.05, 0) is 29.0 Å². The highest BCUT2D eigenvalue weighted by atomic mass is 16.3. The van der Waals surface area contributed by atoms with Crippen molar-refractivity contribution in [2.45, 2.75) is 0 Å². The highest BCUT2D eigenvalue weighted by Crippen LogP contribution is 2.33. The minimum atomic E-state index is 0.557. The average molecular weight is 271 g/mol. The van der Waals surface area contributed by atoms with Crippen molar-refractivity contribution < 1.29 is 4.42 Å². The second kappa shape index (κ2) is 3.76. The van der Waals surface area contributed by atoms with E-state index in [4.69, 9.17) is 4.42 Å². The molecular weight excluding hydrogens is 262 g/mol. The van der Waals surface area contributed by atoms with Crippen molar-refractivity contribution in [3.8, 4) is 0 Å². The largest absolute Gasteiger partial charge is 0.436 e. The fraction of sp³-hybridized carbons (Fsp3) is 0. The molecule has 0 aliphatic carbocycles. The lowest BCUT2D eigenvalue weighted by Crippen LogP contribution is -1.87. The van der Waals surface area contributed by atoms with E-state index in [1.54, 1.807) is 6.20 Å². The Hall–Kier alpha value is -3.01. The summed E-state index contributed by atoms with van der Waals surface area (Å²) < 4.78 is 5.87. The molecule has 0 unspecified atom stereocenters. The number of aromatic nitrogens is 3. The predicted molar refractivity (Wildman–Crippen MR) is 82.1 cm³/mol. The molecule has 98 valence electrons. The van der Waals surface area contributed by atoms with Crippen molar-refractivity contribution in [1.82, 2.24) is 15.0 Å². The van der Waals surface area contributed by atoms with E-state index < -0.39 is 0 Å². The van der Waals surface area contributed by atoms with Crippen LogP contribution in [0.2, 0.25) is 0 Å². The van der Waals surface area contributed by atoms with Gasteiger partial charge in [-0.15, -0.1) is 0 Å². The minimum absolute atomic E-state index is 0.557. The van der Waals surface area contributed by atoms with Gasteiger partial charge in [0.2, 0.25) is 5.71 Å². The molecule has 4 heteroatoms. The standard InChI is InChI=1S/C17H9N3O/c1-2-5-11-10(4-1)7-8-13-14(11)15-17(21-13)19-12-6-3-9-18-16(12)20-15/h1-9H. The van der Waals surface area contributed by atoms with E-state index in [1.807, 2.05) is 30.3 Å². The summed E-state index contributed by atoms with van der Waals surface area (Å²) in [5.41, 5.74) is 3.52. The number of benzene rings is 2. The zero-order valence-corrected chi connectivity index (χ0v) is 10.9. The Bertz CT molecular complexity index is 1140. The van der Waals surface area contributed by atoms with Crippen LogP contribution in [0, 0.1) is 0 Å². The SMILES string of the molecule is c1ccc2c(c1)ccc1oc3nc4cccnc4nc3c12. The summed E-state index contributed by atoms with van der Waals surface area (Å²) in [5, 5.41) is 3.29. The first kappa shape index (κ1) is 10.7. The van der Waals surface area contributed by atoms with E-state index in [-0.39, 0.29) is 0 Å². The van der Waals surface area contributed by atoms with Crippen molar-refractivity contribution in [3.63, 3.8) is 0 Å². The zero-order chi connectivity index (χ0) is 13.8. The second-order valence-corrected chi connectivity index (χ2v) is 4.99. The number of furan rings is 1. The van der Waals surface area contributed by atoms with E-state index in [2.05, 4.69) is 33.2 Å². The monoisotopic (exact) mass is 271 g/mol. The Kier molecular flexibility index (Phi) is 1.92. The molecule has 21 heavy (non-hydrogen) atoms. The van der Waals surface area contributed by atoms with Gasteiger partial charge in [0, 0.05) is 6.20 Å². The molecule has 5 rings (SSSR count). The third-order valence-electron chi connectivity index (χ3n) is 3.74. The van der Waals surface area contributed by atoms with Gasteiger partial charge in [0.05, 0.1) is 5.39 Å². The first-order chi connectivity index (χ1) is 10.4. The predicted octanol–water partition coefficient (Wildman–Crippen LogP) is 4.08. The summed E-state index contributed by atoms with van der Waals surface area (Å²) in [6.45, 7) is 0. The molecule has 0 fully saturated rings. The molecule has 0 amide bonds. The normalized spacial score (nSPS) is 11.8. The van der Waals surface area contributed by atoms with Gasteiger partial charge < -0.3 is 4.42 Å². The van der Waals surface area contributed by atoms with E-state index in [0.717, 1.165) is 32.8 Å². The van der Waals surface area contributed by atoms with E-state index in [9.17, 15) is 0 Å². The summed E-state index contributed by atoms with van der Waals surface area (Å²) >= 11 is 0. The number of hydrogen-bond acceptors (Lipinski definition) is 4. The van der Waals surface area contributed by atoms with Crippen molar-refractivity contribution in [2.75, 3.05) is 0 Å². The number of nitrogens with zero attached hydrogens (tertiary/aromatic N) is 3. The van der Waals surface area contributed by atoms with Gasteiger partial charge >= 0.3 is 0 Å². The summed E-state index contributed by atoms with van der Waals surface area (Å²) in [6.07, 6.45) is 1.73. The fourth-order valence-electron chi connectivity index (χ4n) is 2.80. The Balaban J connectivity index is 2.08. The van der Waals surface area contributed by atoms with Gasteiger partial charge in [-0.25, -0.2) is 15.0 Å². The van der Waals surface area contributed by atoms with Crippen LogP contribution < -0.4 is 0 Å². The number of rotatable bonds is 0. The van der Waals surface area contributed by atoms with Crippen LogP contribution in [-0.2, 0) is 0 Å². The molecule has 0 N–H and O–H groups in total. The summed E-state index contributed by atoms with van der Waals surface area (Å²) in [6, 6.07) is 16.0. The Labute approximate surface area is 119 Å². The molecule has 3 aromatic heterocycles. The van der Waals surface area contributed by atoms with Crippen LogP contribution in [0.1, 0.15) is 0 Å². The van der Waals surface area contributed by atoms with Crippen LogP contribution in [-0.4, -0.2) is 15.0 Å². The number of pyridine rings is 1. The summed E-state index contributed by atoms with van der Waals surface area (Å²) in [5.74, 6) is 0. The maximum absolute atomic E-state index is 5.87. The molecule has 4 nitrogen and oxygen atoms in total. The molecule has 0 saturated carbocycles. The molecule has 0 aliphatic heterocycles. The number of hydrogen-bond donors (Lipinski definition) is 0. The topological polar surface area (TPSA) is 51.8 Å². The third-order valence-corrected chi connectivity index (χ3v) is 3.74. The highest BCUT2D eigenvalue weighted by Gasteiger charge is 2.14. The molecule has 0 saturated heterocycles. The minimum Gasteiger partial charge on any atom is -0.436 e. The fourth-order valence-corrected chi connectivity index (χ4v) is 2.80. The lowest BCUT2D eigenvalue weighted by atomic mass is 10.1. The molecule has 0 spiro atoms. The van der Waals surface area contributed by atoms with Gasteiger partial charge in [0.1, 0.15) is 16.6 Å². The van der Waals surface area contributed by atoms with E-state index in [0.29, 0.717) is 11.4 Å². The molecule has 0 bridgehead atoms. The molecule has 0 aliphatic rings. The van der Waals surface area contributed by atoms with Gasteiger partial charge in [-0.3, -0.25) is 0 Å². The summed E-state index contributed by atoms with van der Waals surface area (Å²) in [4.78, 5) is 13.5. The Morgan fingerprint density at radius 2 is 1.81 bits per heavy atom. The van der Waals surface area contributed by atoms with Gasteiger partial charge in [0.25, 0.3) is 0 Å². The average Bonchev–Trinajstić information content (AvgIpc) is 2.90. The second-order valence-electron chi connectivity index (χ2n) is 4.99. The Morgan fingerprint density at radius 1 is 0.857 bits per heavy atom. The lowest BCUT2D eigenvalue weighted by molar-refractivity contribution is 0.655. The van der Waals surface area contributed by atoms with Crippen LogP contribution >= 0.6 is 0 Å². The van der Waals surface area contributed by atoms with Crippen molar-refractivity contribution in [3.05, 3.63) is 54.7 Å². The van der Waals surface area contributed by atoms with Gasteiger partial charge in [0.15, 0.2) is 5.65 Å². The van der Waals surface area contributed by atoms with Crippen LogP contribution in [0.3, 0.4) is 0 Å². The summed E-state index contributed by atoms with van der Waals surface area (Å²) in [7, 11) is 0. The van der Waals surface area contributed by atoms with Crippen LogP contribution in [0.5, 0.6) is 0 Å². The zero-order valence-electron chi connectivity index (χ0n) is 10.9. The van der Waals surface area contributed by atoms with Gasteiger partial charge in [-0.2, -0.15) is 0 Å². The van der Waals surface area contributed by atoms with Crippen LogP contribution in [0.4, 0.5) is 0 Å². The van der Waals surface area contributed by atoms with Crippen LogP contribution in [0.25, 0.3) is 44.1 Å². The lowest BCUT2D eigenvalue weighted by Gasteiger charge is -1.98. The molecule has 0 atom stereocenters. The molecule has 0 radical (unpaired) electrons. The molecular formula is C17H9N3O. The van der Waals surface area contributed by atoms with Crippen LogP contribution in [0.15, 0.2) is 59.1 Å². The maximum Gasteiger partial charge on any atom is 0.247 e.